The molecule has 0 amide bonds. The van der Waals surface area contributed by atoms with Gasteiger partial charge >= 0.3 is 5.97 Å². The van der Waals surface area contributed by atoms with Crippen LogP contribution in [0.1, 0.15) is 18.4 Å². The van der Waals surface area contributed by atoms with Gasteiger partial charge in [-0.25, -0.2) is 0 Å². The van der Waals surface area contributed by atoms with Crippen molar-refractivity contribution in [2.75, 3.05) is 33.4 Å². The molecule has 1 aromatic rings. The summed E-state index contributed by atoms with van der Waals surface area (Å²) in [6, 6.07) is 7.83. The second kappa shape index (κ2) is 8.00. The summed E-state index contributed by atoms with van der Waals surface area (Å²) in [5.74, 6) is -0.0359. The van der Waals surface area contributed by atoms with Crippen molar-refractivity contribution in [1.82, 2.24) is 4.90 Å². The van der Waals surface area contributed by atoms with Gasteiger partial charge < -0.3 is 14.6 Å². The average molecular weight is 293 g/mol. The third kappa shape index (κ3) is 5.36. The van der Waals surface area contributed by atoms with Crippen LogP contribution in [0.5, 0.6) is 5.75 Å². The molecule has 21 heavy (non-hydrogen) atoms. The van der Waals surface area contributed by atoms with Crippen LogP contribution in [-0.2, 0) is 16.0 Å². The molecule has 1 saturated heterocycles. The lowest BCUT2D eigenvalue weighted by molar-refractivity contribution is -0.136. The number of carboxylic acid groups (broad SMARTS) is 1. The molecular weight excluding hydrogens is 270 g/mol. The van der Waals surface area contributed by atoms with Gasteiger partial charge in [-0.1, -0.05) is 12.1 Å². The first-order chi connectivity index (χ1) is 10.1. The van der Waals surface area contributed by atoms with Crippen molar-refractivity contribution in [2.24, 2.45) is 0 Å². The number of rotatable bonds is 7. The number of carboxylic acids is 1. The van der Waals surface area contributed by atoms with Crippen LogP contribution in [0, 0.1) is 0 Å². The highest BCUT2D eigenvalue weighted by molar-refractivity contribution is 5.70. The van der Waals surface area contributed by atoms with Gasteiger partial charge in [-0.15, -0.1) is 0 Å². The molecule has 0 spiro atoms. The van der Waals surface area contributed by atoms with Gasteiger partial charge in [0.2, 0.25) is 0 Å². The minimum atomic E-state index is -0.818. The predicted octanol–water partition coefficient (Wildman–Crippen LogP) is 1.80. The zero-order chi connectivity index (χ0) is 15.1. The molecule has 1 aliphatic rings. The lowest BCUT2D eigenvalue weighted by Crippen LogP contribution is -2.38. The summed E-state index contributed by atoms with van der Waals surface area (Å²) in [6.45, 7) is 3.20. The topological polar surface area (TPSA) is 59.0 Å². The fourth-order valence-electron chi connectivity index (χ4n) is 2.49. The van der Waals surface area contributed by atoms with E-state index in [2.05, 4.69) is 11.9 Å². The molecule has 1 heterocycles. The Labute approximate surface area is 125 Å². The molecule has 0 aliphatic carbocycles. The third-order valence-corrected chi connectivity index (χ3v) is 3.81. The largest absolute Gasteiger partial charge is 0.492 e. The number of aliphatic carboxylic acids is 1. The second-order valence-corrected chi connectivity index (χ2v) is 5.39. The van der Waals surface area contributed by atoms with Crippen molar-refractivity contribution < 1.29 is 19.4 Å². The molecule has 5 nitrogen and oxygen atoms in total. The van der Waals surface area contributed by atoms with E-state index in [4.69, 9.17) is 14.6 Å². The molecule has 1 fully saturated rings. The van der Waals surface area contributed by atoms with Crippen LogP contribution in [0.4, 0.5) is 0 Å². The van der Waals surface area contributed by atoms with Gasteiger partial charge in [0.1, 0.15) is 12.4 Å². The minimum Gasteiger partial charge on any atom is -0.492 e. The first-order valence-corrected chi connectivity index (χ1v) is 7.36. The van der Waals surface area contributed by atoms with Gasteiger partial charge in [0, 0.05) is 25.8 Å². The summed E-state index contributed by atoms with van der Waals surface area (Å²) < 4.78 is 11.1. The molecule has 0 atom stereocenters. The van der Waals surface area contributed by atoms with E-state index in [-0.39, 0.29) is 6.42 Å². The van der Waals surface area contributed by atoms with Crippen molar-refractivity contribution in [3.05, 3.63) is 29.8 Å². The maximum absolute atomic E-state index is 10.6. The number of nitrogens with zero attached hydrogens (tertiary/aromatic N) is 1. The highest BCUT2D eigenvalue weighted by Crippen LogP contribution is 2.14. The first kappa shape index (κ1) is 15.8. The van der Waals surface area contributed by atoms with Crippen LogP contribution >= 0.6 is 0 Å². The van der Waals surface area contributed by atoms with Crippen molar-refractivity contribution in [3.63, 3.8) is 0 Å². The van der Waals surface area contributed by atoms with E-state index in [0.29, 0.717) is 12.6 Å². The summed E-state index contributed by atoms with van der Waals surface area (Å²) in [5, 5.41) is 8.72. The van der Waals surface area contributed by atoms with Gasteiger partial charge in [-0.3, -0.25) is 9.69 Å². The lowest BCUT2D eigenvalue weighted by atomic mass is 10.1. The number of benzene rings is 1. The average Bonchev–Trinajstić information content (AvgIpc) is 2.49. The third-order valence-electron chi connectivity index (χ3n) is 3.81. The van der Waals surface area contributed by atoms with E-state index >= 15 is 0 Å². The molecule has 0 saturated carbocycles. The van der Waals surface area contributed by atoms with Crippen molar-refractivity contribution in [3.8, 4) is 5.75 Å². The van der Waals surface area contributed by atoms with Gasteiger partial charge in [0.25, 0.3) is 0 Å². The van der Waals surface area contributed by atoms with Gasteiger partial charge in [0.15, 0.2) is 0 Å². The quantitative estimate of drug-likeness (QED) is 0.831. The standard InChI is InChI=1S/C16H23NO4/c1-17(14-6-9-20-10-7-14)8-11-21-15-4-2-13(3-5-15)12-16(18)19/h2-5,14H,6-12H2,1H3,(H,18,19). The fraction of sp³-hybridized carbons (Fsp3) is 0.562. The van der Waals surface area contributed by atoms with Crippen LogP contribution in [0.25, 0.3) is 0 Å². The summed E-state index contributed by atoms with van der Waals surface area (Å²) in [4.78, 5) is 12.9. The highest BCUT2D eigenvalue weighted by Gasteiger charge is 2.17. The minimum absolute atomic E-state index is 0.0484. The molecule has 1 aliphatic heterocycles. The summed E-state index contributed by atoms with van der Waals surface area (Å²) >= 11 is 0. The monoisotopic (exact) mass is 293 g/mol. The zero-order valence-corrected chi connectivity index (χ0v) is 12.5. The Bertz CT molecular complexity index is 440. The van der Waals surface area contributed by atoms with Crippen LogP contribution in [0.3, 0.4) is 0 Å². The zero-order valence-electron chi connectivity index (χ0n) is 12.5. The Kier molecular flexibility index (Phi) is 6.02. The lowest BCUT2D eigenvalue weighted by Gasteiger charge is -2.31. The smallest absolute Gasteiger partial charge is 0.307 e. The number of likely N-dealkylation sites (N-methyl/N-ethyl adjacent to an activating group) is 1. The molecule has 2 rings (SSSR count). The van der Waals surface area contributed by atoms with E-state index in [0.717, 1.165) is 43.9 Å². The van der Waals surface area contributed by atoms with Crippen molar-refractivity contribution in [2.45, 2.75) is 25.3 Å². The number of ether oxygens (including phenoxy) is 2. The Morgan fingerprint density at radius 1 is 1.33 bits per heavy atom. The van der Waals surface area contributed by atoms with E-state index < -0.39 is 5.97 Å². The number of hydrogen-bond acceptors (Lipinski definition) is 4. The molecule has 1 N–H and O–H groups in total. The highest BCUT2D eigenvalue weighted by atomic mass is 16.5. The van der Waals surface area contributed by atoms with Crippen LogP contribution in [0.15, 0.2) is 24.3 Å². The molecule has 1 aromatic carbocycles. The van der Waals surface area contributed by atoms with E-state index in [1.165, 1.54) is 0 Å². The molecule has 0 unspecified atom stereocenters. The van der Waals surface area contributed by atoms with Crippen molar-refractivity contribution in [1.29, 1.82) is 0 Å². The van der Waals surface area contributed by atoms with E-state index in [1.807, 2.05) is 12.1 Å². The molecule has 0 bridgehead atoms. The Balaban J connectivity index is 1.71. The van der Waals surface area contributed by atoms with Crippen LogP contribution in [-0.4, -0.2) is 55.4 Å². The summed E-state index contributed by atoms with van der Waals surface area (Å²) in [7, 11) is 2.12. The van der Waals surface area contributed by atoms with Crippen molar-refractivity contribution >= 4 is 5.97 Å². The van der Waals surface area contributed by atoms with E-state index in [1.54, 1.807) is 12.1 Å². The van der Waals surface area contributed by atoms with E-state index in [9.17, 15) is 4.79 Å². The predicted molar refractivity (Wildman–Crippen MR) is 79.7 cm³/mol. The second-order valence-electron chi connectivity index (χ2n) is 5.39. The number of hydrogen-bond donors (Lipinski definition) is 1. The molecule has 0 aromatic heterocycles. The van der Waals surface area contributed by atoms with Crippen LogP contribution < -0.4 is 4.74 Å². The Morgan fingerprint density at radius 3 is 2.62 bits per heavy atom. The van der Waals surface area contributed by atoms with Gasteiger partial charge in [-0.05, 0) is 37.6 Å². The maximum atomic E-state index is 10.6. The normalized spacial score (nSPS) is 16.1. The fourth-order valence-corrected chi connectivity index (χ4v) is 2.49. The van der Waals surface area contributed by atoms with Gasteiger partial charge in [-0.2, -0.15) is 0 Å². The SMILES string of the molecule is CN(CCOc1ccc(CC(=O)O)cc1)C1CCOCC1. The first-order valence-electron chi connectivity index (χ1n) is 7.36. The van der Waals surface area contributed by atoms with Gasteiger partial charge in [0.05, 0.1) is 6.42 Å². The number of carbonyl (C=O) groups is 1. The Morgan fingerprint density at radius 2 is 2.00 bits per heavy atom. The summed E-state index contributed by atoms with van der Waals surface area (Å²) in [6.07, 6.45) is 2.22. The Hall–Kier alpha value is -1.59. The van der Waals surface area contributed by atoms with Crippen LogP contribution in [0.2, 0.25) is 0 Å². The molecular formula is C16H23NO4. The maximum Gasteiger partial charge on any atom is 0.307 e. The molecule has 0 radical (unpaired) electrons. The molecule has 116 valence electrons. The summed E-state index contributed by atoms with van der Waals surface area (Å²) in [5.41, 5.74) is 0.786. The molecule has 5 heteroatoms.